The van der Waals surface area contributed by atoms with Crippen molar-refractivity contribution in [2.24, 2.45) is 5.73 Å². The van der Waals surface area contributed by atoms with Crippen LogP contribution < -0.4 is 5.73 Å². The molecule has 4 heteroatoms. The first-order chi connectivity index (χ1) is 9.60. The van der Waals surface area contributed by atoms with Crippen LogP contribution in [-0.2, 0) is 5.75 Å². The predicted octanol–water partition coefficient (Wildman–Crippen LogP) is 5.42. The Bertz CT molecular complexity index is 536. The molecule has 0 aliphatic heterocycles. The van der Waals surface area contributed by atoms with Gasteiger partial charge in [-0.15, -0.1) is 23.1 Å². The Morgan fingerprint density at radius 3 is 2.45 bits per heavy atom. The summed E-state index contributed by atoms with van der Waals surface area (Å²) in [5.74, 6) is 0.965. The van der Waals surface area contributed by atoms with Crippen molar-refractivity contribution in [3.05, 3.63) is 56.7 Å². The second kappa shape index (κ2) is 7.51. The van der Waals surface area contributed by atoms with Crippen LogP contribution in [0.1, 0.15) is 33.9 Å². The van der Waals surface area contributed by atoms with E-state index >= 15 is 0 Å². The van der Waals surface area contributed by atoms with E-state index in [0.717, 1.165) is 17.2 Å². The Kier molecular flexibility index (Phi) is 5.97. The minimum Gasteiger partial charge on any atom is -0.326 e. The molecule has 0 bridgehead atoms. The number of nitrogens with two attached hydrogens (primary N) is 1. The third kappa shape index (κ3) is 4.26. The summed E-state index contributed by atoms with van der Waals surface area (Å²) in [6.07, 6.45) is 0.995. The maximum Gasteiger partial charge on any atom is 0.0545 e. The lowest BCUT2D eigenvalue weighted by Crippen LogP contribution is -2.25. The molecular formula is C16H20ClNS2. The molecule has 2 rings (SSSR count). The lowest BCUT2D eigenvalue weighted by atomic mass is 10.1. The van der Waals surface area contributed by atoms with Crippen molar-refractivity contribution in [1.29, 1.82) is 0 Å². The molecule has 20 heavy (non-hydrogen) atoms. The summed E-state index contributed by atoms with van der Waals surface area (Å²) < 4.78 is 0. The quantitative estimate of drug-likeness (QED) is 0.767. The van der Waals surface area contributed by atoms with Gasteiger partial charge in [0.15, 0.2) is 0 Å². The molecule has 0 amide bonds. The maximum absolute atomic E-state index is 6.31. The van der Waals surface area contributed by atoms with Crippen LogP contribution >= 0.6 is 34.7 Å². The topological polar surface area (TPSA) is 26.0 Å². The average Bonchev–Trinajstić information content (AvgIpc) is 2.87. The molecule has 108 valence electrons. The third-order valence-electron chi connectivity index (χ3n) is 3.24. The first-order valence-corrected chi connectivity index (χ1v) is 9.02. The van der Waals surface area contributed by atoms with Crippen molar-refractivity contribution in [1.82, 2.24) is 0 Å². The zero-order valence-electron chi connectivity index (χ0n) is 11.8. The van der Waals surface area contributed by atoms with Crippen LogP contribution in [0.15, 0.2) is 36.4 Å². The normalized spacial score (nSPS) is 14.2. The zero-order chi connectivity index (χ0) is 14.5. The first kappa shape index (κ1) is 15.9. The summed E-state index contributed by atoms with van der Waals surface area (Å²) in [4.78, 5) is 2.73. The lowest BCUT2D eigenvalue weighted by molar-refractivity contribution is 0.640. The van der Waals surface area contributed by atoms with Gasteiger partial charge in [-0.1, -0.05) is 30.7 Å². The molecule has 2 N–H and O–H groups in total. The van der Waals surface area contributed by atoms with Crippen molar-refractivity contribution in [2.75, 3.05) is 0 Å². The van der Waals surface area contributed by atoms with Gasteiger partial charge in [0, 0.05) is 26.6 Å². The fourth-order valence-corrected chi connectivity index (χ4v) is 4.66. The minimum atomic E-state index is 0.199. The second-order valence-corrected chi connectivity index (χ2v) is 7.76. The van der Waals surface area contributed by atoms with Gasteiger partial charge in [0.2, 0.25) is 0 Å². The van der Waals surface area contributed by atoms with E-state index in [1.807, 2.05) is 35.2 Å². The standard InChI is InChI=1S/C16H20ClNS2/c1-3-14(18)16(15-9-4-11(2)20-15)19-10-12-5-7-13(17)8-6-12/h4-9,14,16H,3,10,18H2,1-2H3. The van der Waals surface area contributed by atoms with Crippen molar-refractivity contribution in [2.45, 2.75) is 37.3 Å². The fraction of sp³-hybridized carbons (Fsp3) is 0.375. The van der Waals surface area contributed by atoms with Crippen molar-refractivity contribution in [3.8, 4) is 0 Å². The molecule has 0 fully saturated rings. The van der Waals surface area contributed by atoms with Crippen LogP contribution in [0.25, 0.3) is 0 Å². The monoisotopic (exact) mass is 325 g/mol. The van der Waals surface area contributed by atoms with Gasteiger partial charge in [-0.25, -0.2) is 0 Å². The number of thiophene rings is 1. The van der Waals surface area contributed by atoms with E-state index in [1.165, 1.54) is 15.3 Å². The van der Waals surface area contributed by atoms with Crippen LogP contribution in [0, 0.1) is 6.92 Å². The summed E-state index contributed by atoms with van der Waals surface area (Å²) in [5, 5.41) is 1.16. The van der Waals surface area contributed by atoms with Crippen LogP contribution in [0.2, 0.25) is 5.02 Å². The number of halogens is 1. The van der Waals surface area contributed by atoms with Gasteiger partial charge >= 0.3 is 0 Å². The number of thioether (sulfide) groups is 1. The SMILES string of the molecule is CCC(N)C(SCc1ccc(Cl)cc1)c1ccc(C)s1. The number of aryl methyl sites for hydroxylation is 1. The van der Waals surface area contributed by atoms with Crippen LogP contribution in [0.4, 0.5) is 0 Å². The molecule has 0 spiro atoms. The Balaban J connectivity index is 2.06. The number of benzene rings is 1. The van der Waals surface area contributed by atoms with Gasteiger partial charge < -0.3 is 5.73 Å². The van der Waals surface area contributed by atoms with Gasteiger partial charge in [0.25, 0.3) is 0 Å². The van der Waals surface area contributed by atoms with Gasteiger partial charge in [-0.3, -0.25) is 0 Å². The van der Waals surface area contributed by atoms with E-state index in [-0.39, 0.29) is 6.04 Å². The van der Waals surface area contributed by atoms with Crippen LogP contribution in [0.5, 0.6) is 0 Å². The van der Waals surface area contributed by atoms with Crippen molar-refractivity contribution < 1.29 is 0 Å². The smallest absolute Gasteiger partial charge is 0.0545 e. The number of rotatable bonds is 6. The molecule has 2 aromatic rings. The summed E-state index contributed by atoms with van der Waals surface area (Å²) in [5.41, 5.74) is 7.60. The molecule has 1 nitrogen and oxygen atoms in total. The fourth-order valence-electron chi connectivity index (χ4n) is 2.00. The highest BCUT2D eigenvalue weighted by Gasteiger charge is 2.20. The summed E-state index contributed by atoms with van der Waals surface area (Å²) in [6, 6.07) is 12.7. The number of hydrogen-bond donors (Lipinski definition) is 1. The van der Waals surface area contributed by atoms with Gasteiger partial charge in [0.05, 0.1) is 5.25 Å². The molecule has 0 aliphatic rings. The summed E-state index contributed by atoms with van der Waals surface area (Å²) in [7, 11) is 0. The van der Waals surface area contributed by atoms with E-state index in [4.69, 9.17) is 17.3 Å². The molecule has 0 radical (unpaired) electrons. The van der Waals surface area contributed by atoms with E-state index < -0.39 is 0 Å². The third-order valence-corrected chi connectivity index (χ3v) is 6.19. The molecule has 1 aromatic heterocycles. The van der Waals surface area contributed by atoms with Crippen LogP contribution in [0.3, 0.4) is 0 Å². The van der Waals surface area contributed by atoms with Crippen molar-refractivity contribution >= 4 is 34.7 Å². The Labute approximate surface area is 134 Å². The first-order valence-electron chi connectivity index (χ1n) is 6.78. The van der Waals surface area contributed by atoms with Gasteiger partial charge in [-0.2, -0.15) is 0 Å². The molecule has 0 aliphatic carbocycles. The predicted molar refractivity (Wildman–Crippen MR) is 92.8 cm³/mol. The minimum absolute atomic E-state index is 0.199. The van der Waals surface area contributed by atoms with E-state index in [0.29, 0.717) is 5.25 Å². The summed E-state index contributed by atoms with van der Waals surface area (Å²) in [6.45, 7) is 4.30. The Morgan fingerprint density at radius 2 is 1.90 bits per heavy atom. The van der Waals surface area contributed by atoms with Gasteiger partial charge in [0.1, 0.15) is 0 Å². The molecule has 1 aromatic carbocycles. The van der Waals surface area contributed by atoms with Crippen molar-refractivity contribution in [3.63, 3.8) is 0 Å². The molecule has 2 atom stereocenters. The highest BCUT2D eigenvalue weighted by atomic mass is 35.5. The Hall–Kier alpha value is -0.480. The highest BCUT2D eigenvalue weighted by Crippen LogP contribution is 2.38. The van der Waals surface area contributed by atoms with E-state index in [1.54, 1.807) is 0 Å². The molecule has 0 saturated carbocycles. The summed E-state index contributed by atoms with van der Waals surface area (Å²) >= 11 is 9.70. The van der Waals surface area contributed by atoms with Gasteiger partial charge in [-0.05, 0) is 43.2 Å². The lowest BCUT2D eigenvalue weighted by Gasteiger charge is -2.21. The molecule has 0 saturated heterocycles. The largest absolute Gasteiger partial charge is 0.326 e. The van der Waals surface area contributed by atoms with E-state index in [9.17, 15) is 0 Å². The Morgan fingerprint density at radius 1 is 1.20 bits per heavy atom. The zero-order valence-corrected chi connectivity index (χ0v) is 14.2. The maximum atomic E-state index is 6.31. The molecule has 1 heterocycles. The highest BCUT2D eigenvalue weighted by molar-refractivity contribution is 7.98. The van der Waals surface area contributed by atoms with Crippen LogP contribution in [-0.4, -0.2) is 6.04 Å². The molecular weight excluding hydrogens is 306 g/mol. The number of hydrogen-bond acceptors (Lipinski definition) is 3. The molecule has 2 unspecified atom stereocenters. The average molecular weight is 326 g/mol. The van der Waals surface area contributed by atoms with E-state index in [2.05, 4.69) is 38.1 Å². The second-order valence-electron chi connectivity index (χ2n) is 4.88.